The molecule has 0 aliphatic heterocycles. The molecule has 0 fully saturated rings. The van der Waals surface area contributed by atoms with Crippen molar-refractivity contribution in [3.05, 3.63) is 51.1 Å². The molecule has 0 saturated carbocycles. The van der Waals surface area contributed by atoms with Crippen molar-refractivity contribution in [1.82, 2.24) is 4.98 Å². The number of nitrogens with two attached hydrogens (primary N) is 1. The van der Waals surface area contributed by atoms with Crippen LogP contribution in [0, 0.1) is 5.41 Å². The van der Waals surface area contributed by atoms with Gasteiger partial charge in [0.2, 0.25) is 5.88 Å². The van der Waals surface area contributed by atoms with Crippen LogP contribution in [-0.2, 0) is 0 Å². The van der Waals surface area contributed by atoms with Crippen molar-refractivity contribution < 1.29 is 4.74 Å². The van der Waals surface area contributed by atoms with E-state index in [1.807, 2.05) is 0 Å². The Morgan fingerprint density at radius 2 is 1.79 bits per heavy atom. The van der Waals surface area contributed by atoms with E-state index in [1.165, 1.54) is 12.1 Å². The van der Waals surface area contributed by atoms with E-state index in [0.29, 0.717) is 26.5 Å². The first-order valence-electron chi connectivity index (χ1n) is 5.11. The maximum Gasteiger partial charge on any atom is 0.219 e. The minimum Gasteiger partial charge on any atom is -0.437 e. The fourth-order valence-electron chi connectivity index (χ4n) is 1.32. The number of benzene rings is 1. The average molecular weight is 317 g/mol. The third kappa shape index (κ3) is 3.29. The lowest BCUT2D eigenvalue weighted by molar-refractivity contribution is 0.463. The molecule has 19 heavy (non-hydrogen) atoms. The Balaban J connectivity index is 2.33. The summed E-state index contributed by atoms with van der Waals surface area (Å²) in [6.07, 6.45) is 0. The minimum atomic E-state index is -0.148. The highest BCUT2D eigenvalue weighted by Crippen LogP contribution is 2.35. The zero-order chi connectivity index (χ0) is 14.0. The number of nitrogen functional groups attached to an aromatic ring is 1. The van der Waals surface area contributed by atoms with Crippen molar-refractivity contribution in [3.63, 3.8) is 0 Å². The lowest BCUT2D eigenvalue weighted by Crippen LogP contribution is -2.13. The van der Waals surface area contributed by atoms with Crippen molar-refractivity contribution in [3.8, 4) is 11.6 Å². The third-order valence-electron chi connectivity index (χ3n) is 2.19. The number of ether oxygens (including phenoxy) is 1. The number of nitrogens with one attached hydrogen (secondary N) is 1. The topological polar surface area (TPSA) is 72.0 Å². The van der Waals surface area contributed by atoms with Gasteiger partial charge in [-0.25, -0.2) is 4.98 Å². The molecule has 0 aliphatic rings. The van der Waals surface area contributed by atoms with Crippen molar-refractivity contribution in [2.75, 3.05) is 0 Å². The van der Waals surface area contributed by atoms with Gasteiger partial charge in [0.25, 0.3) is 0 Å². The molecule has 1 aromatic heterocycles. The van der Waals surface area contributed by atoms with Crippen LogP contribution in [0.25, 0.3) is 0 Å². The smallest absolute Gasteiger partial charge is 0.219 e. The highest BCUT2D eigenvalue weighted by molar-refractivity contribution is 6.43. The predicted molar refractivity (Wildman–Crippen MR) is 76.8 cm³/mol. The Hall–Kier alpha value is -1.49. The van der Waals surface area contributed by atoms with Gasteiger partial charge in [0, 0.05) is 12.1 Å². The molecule has 2 rings (SSSR count). The highest BCUT2D eigenvalue weighted by atomic mass is 35.5. The molecular weight excluding hydrogens is 309 g/mol. The summed E-state index contributed by atoms with van der Waals surface area (Å²) in [6, 6.07) is 7.87. The first-order chi connectivity index (χ1) is 8.97. The number of aromatic nitrogens is 1. The van der Waals surface area contributed by atoms with Crippen LogP contribution in [0.3, 0.4) is 0 Å². The molecular formula is C12H8Cl3N3O. The Morgan fingerprint density at radius 3 is 2.47 bits per heavy atom. The van der Waals surface area contributed by atoms with Gasteiger partial charge in [-0.3, -0.25) is 5.41 Å². The van der Waals surface area contributed by atoms with Crippen LogP contribution in [-0.4, -0.2) is 10.8 Å². The minimum absolute atomic E-state index is 0.148. The van der Waals surface area contributed by atoms with Crippen molar-refractivity contribution in [2.24, 2.45) is 5.73 Å². The van der Waals surface area contributed by atoms with E-state index in [-0.39, 0.29) is 11.7 Å². The molecule has 0 spiro atoms. The Kier molecular flexibility index (Phi) is 4.14. The van der Waals surface area contributed by atoms with E-state index >= 15 is 0 Å². The molecule has 98 valence electrons. The number of hydrogen-bond acceptors (Lipinski definition) is 3. The molecule has 0 radical (unpaired) electrons. The number of nitrogens with zero attached hydrogens (tertiary/aromatic N) is 1. The van der Waals surface area contributed by atoms with Gasteiger partial charge in [0.1, 0.15) is 17.3 Å². The second-order valence-electron chi connectivity index (χ2n) is 3.57. The van der Waals surface area contributed by atoms with Crippen molar-refractivity contribution >= 4 is 40.6 Å². The zero-order valence-corrected chi connectivity index (χ0v) is 11.7. The van der Waals surface area contributed by atoms with E-state index < -0.39 is 0 Å². The standard InChI is InChI=1S/C12H8Cl3N3O/c13-6-4-8(15)10(5-7(6)14)19-11-3-1-2-9(18-11)12(16)17/h1-5H,(H3,16,17). The van der Waals surface area contributed by atoms with Crippen LogP contribution in [0.2, 0.25) is 15.1 Å². The van der Waals surface area contributed by atoms with Gasteiger partial charge in [-0.15, -0.1) is 0 Å². The number of halogens is 3. The number of hydrogen-bond donors (Lipinski definition) is 2. The highest BCUT2D eigenvalue weighted by Gasteiger charge is 2.09. The fourth-order valence-corrected chi connectivity index (χ4v) is 1.89. The Bertz CT molecular complexity index is 646. The summed E-state index contributed by atoms with van der Waals surface area (Å²) >= 11 is 17.7. The molecule has 0 atom stereocenters. The first kappa shape index (κ1) is 13.9. The summed E-state index contributed by atoms with van der Waals surface area (Å²) in [5.41, 5.74) is 5.66. The van der Waals surface area contributed by atoms with Crippen LogP contribution in [0.5, 0.6) is 11.6 Å². The molecule has 0 bridgehead atoms. The third-order valence-corrected chi connectivity index (χ3v) is 3.21. The van der Waals surface area contributed by atoms with Gasteiger partial charge in [-0.05, 0) is 12.1 Å². The van der Waals surface area contributed by atoms with E-state index in [4.69, 9.17) is 50.7 Å². The van der Waals surface area contributed by atoms with Crippen LogP contribution >= 0.6 is 34.8 Å². The summed E-state index contributed by atoms with van der Waals surface area (Å²) in [7, 11) is 0. The van der Waals surface area contributed by atoms with Gasteiger partial charge in [0.05, 0.1) is 15.1 Å². The van der Waals surface area contributed by atoms with Crippen LogP contribution in [0.15, 0.2) is 30.3 Å². The van der Waals surface area contributed by atoms with E-state index in [1.54, 1.807) is 18.2 Å². The maximum atomic E-state index is 7.31. The average Bonchev–Trinajstić information content (AvgIpc) is 2.36. The number of pyridine rings is 1. The molecule has 0 saturated heterocycles. The van der Waals surface area contributed by atoms with E-state index in [2.05, 4.69) is 4.98 Å². The predicted octanol–water partition coefficient (Wildman–Crippen LogP) is 4.12. The molecule has 3 N–H and O–H groups in total. The van der Waals surface area contributed by atoms with Crippen LogP contribution in [0.4, 0.5) is 0 Å². The second kappa shape index (κ2) is 5.65. The van der Waals surface area contributed by atoms with E-state index in [0.717, 1.165) is 0 Å². The molecule has 7 heteroatoms. The molecule has 1 heterocycles. The lowest BCUT2D eigenvalue weighted by Gasteiger charge is -2.08. The molecule has 0 unspecified atom stereocenters. The van der Waals surface area contributed by atoms with Crippen LogP contribution < -0.4 is 10.5 Å². The van der Waals surface area contributed by atoms with Crippen molar-refractivity contribution in [1.29, 1.82) is 5.41 Å². The summed E-state index contributed by atoms with van der Waals surface area (Å²) in [6.45, 7) is 0. The summed E-state index contributed by atoms with van der Waals surface area (Å²) < 4.78 is 5.50. The molecule has 2 aromatic rings. The quantitative estimate of drug-likeness (QED) is 0.508. The monoisotopic (exact) mass is 315 g/mol. The molecule has 4 nitrogen and oxygen atoms in total. The van der Waals surface area contributed by atoms with Gasteiger partial charge >= 0.3 is 0 Å². The van der Waals surface area contributed by atoms with Gasteiger partial charge in [-0.2, -0.15) is 0 Å². The molecule has 0 aliphatic carbocycles. The SMILES string of the molecule is N=C(N)c1cccc(Oc2cc(Cl)c(Cl)cc2Cl)n1. The largest absolute Gasteiger partial charge is 0.437 e. The first-order valence-corrected chi connectivity index (χ1v) is 6.24. The summed E-state index contributed by atoms with van der Waals surface area (Å²) in [4.78, 5) is 4.05. The van der Waals surface area contributed by atoms with Gasteiger partial charge in [0.15, 0.2) is 0 Å². The van der Waals surface area contributed by atoms with Gasteiger partial charge in [-0.1, -0.05) is 40.9 Å². The lowest BCUT2D eigenvalue weighted by atomic mass is 10.3. The van der Waals surface area contributed by atoms with Gasteiger partial charge < -0.3 is 10.5 Å². The normalized spacial score (nSPS) is 10.3. The van der Waals surface area contributed by atoms with E-state index in [9.17, 15) is 0 Å². The molecule has 1 aromatic carbocycles. The Morgan fingerprint density at radius 1 is 1.11 bits per heavy atom. The van der Waals surface area contributed by atoms with Crippen LogP contribution in [0.1, 0.15) is 5.69 Å². The second-order valence-corrected chi connectivity index (χ2v) is 4.80. The zero-order valence-electron chi connectivity index (χ0n) is 9.45. The maximum absolute atomic E-state index is 7.31. The summed E-state index contributed by atoms with van der Waals surface area (Å²) in [5, 5.41) is 8.28. The Labute approximate surface area is 124 Å². The molecule has 0 amide bonds. The summed E-state index contributed by atoms with van der Waals surface area (Å²) in [5.74, 6) is 0.433. The fraction of sp³-hybridized carbons (Fsp3) is 0. The number of rotatable bonds is 3. The number of amidine groups is 1. The van der Waals surface area contributed by atoms with Crippen molar-refractivity contribution in [2.45, 2.75) is 0 Å².